The van der Waals surface area contributed by atoms with Gasteiger partial charge in [-0.15, -0.1) is 13.2 Å². The van der Waals surface area contributed by atoms with Gasteiger partial charge in [0, 0.05) is 12.3 Å². The number of ether oxygens (including phenoxy) is 1. The topological polar surface area (TPSA) is 23.3 Å². The van der Waals surface area contributed by atoms with Crippen molar-refractivity contribution < 1.29 is 17.9 Å². The number of halogens is 3. The van der Waals surface area contributed by atoms with E-state index in [1.54, 1.807) is 0 Å². The van der Waals surface area contributed by atoms with Crippen molar-refractivity contribution in [2.24, 2.45) is 0 Å². The summed E-state index contributed by atoms with van der Waals surface area (Å²) in [6.45, 7) is 0. The predicted octanol–water partition coefficient (Wildman–Crippen LogP) is 1.50. The van der Waals surface area contributed by atoms with Crippen LogP contribution in [0.5, 0.6) is 0 Å². The first kappa shape index (κ1) is 6.98. The van der Waals surface area contributed by atoms with Crippen molar-refractivity contribution in [3.05, 3.63) is 24.2 Å². The van der Waals surface area contributed by atoms with Crippen molar-refractivity contribution in [2.75, 3.05) is 0 Å². The monoisotopic (exact) mass is 150 g/mol. The number of rotatable bonds is 1. The van der Waals surface area contributed by atoms with Crippen LogP contribution in [-0.4, -0.2) is 6.36 Å². The summed E-state index contributed by atoms with van der Waals surface area (Å²) >= 11 is 0. The third-order valence-electron chi connectivity index (χ3n) is 0.747. The second-order valence-corrected chi connectivity index (χ2v) is 1.52. The highest BCUT2D eigenvalue weighted by molar-refractivity contribution is 5.14. The fourth-order valence-electron chi connectivity index (χ4n) is 0.464. The molecular weight excluding hydrogens is 147 g/mol. The molecule has 0 bridgehead atoms. The van der Waals surface area contributed by atoms with E-state index in [4.69, 9.17) is 0 Å². The second-order valence-electron chi connectivity index (χ2n) is 1.52. The Bertz CT molecular complexity index is 182. The fourth-order valence-corrected chi connectivity index (χ4v) is 0.464. The molecule has 2 nitrogen and oxygen atoms in total. The van der Waals surface area contributed by atoms with Crippen molar-refractivity contribution in [2.45, 2.75) is 6.36 Å². The van der Waals surface area contributed by atoms with E-state index in [-0.39, 0.29) is 0 Å². The molecule has 5 heteroatoms. The molecule has 1 aliphatic rings. The minimum absolute atomic E-state index is 0.424. The molecule has 1 heterocycles. The summed E-state index contributed by atoms with van der Waals surface area (Å²) in [5.41, 5.74) is 0. The average molecular weight is 150 g/mol. The Morgan fingerprint density at radius 3 is 2.50 bits per heavy atom. The highest BCUT2D eigenvalue weighted by atomic mass is 19.4. The zero-order chi connectivity index (χ0) is 7.61. The lowest BCUT2D eigenvalue weighted by Gasteiger charge is -2.07. The summed E-state index contributed by atoms with van der Waals surface area (Å²) in [5, 5.41) is 3.26. The number of hydrogen-bond donors (Lipinski definition) is 0. The average Bonchev–Trinajstić information content (AvgIpc) is 2.12. The lowest BCUT2D eigenvalue weighted by atomic mass is 10.6. The number of hydrogen-bond acceptors (Lipinski definition) is 1. The van der Waals surface area contributed by atoms with Crippen LogP contribution in [-0.2, 0) is 4.74 Å². The van der Waals surface area contributed by atoms with Gasteiger partial charge >= 0.3 is 6.36 Å². The first-order chi connectivity index (χ1) is 4.58. The van der Waals surface area contributed by atoms with Crippen LogP contribution >= 0.6 is 0 Å². The molecule has 0 saturated carbocycles. The van der Waals surface area contributed by atoms with E-state index in [0.717, 1.165) is 6.08 Å². The van der Waals surface area contributed by atoms with Crippen molar-refractivity contribution in [3.63, 3.8) is 0 Å². The maximum atomic E-state index is 11.4. The van der Waals surface area contributed by atoms with Gasteiger partial charge in [0.1, 0.15) is 0 Å². The summed E-state index contributed by atoms with van der Waals surface area (Å²) in [6.07, 6.45) is -0.920. The van der Waals surface area contributed by atoms with Gasteiger partial charge in [-0.3, -0.25) is 0 Å². The lowest BCUT2D eigenvalue weighted by molar-refractivity contribution is -0.307. The molecule has 0 saturated heterocycles. The maximum absolute atomic E-state index is 11.4. The Kier molecular flexibility index (Phi) is 1.57. The molecule has 55 valence electrons. The standard InChI is InChI=1S/C5H3F3NO/c6-5(7,8)10-4-2-1-3-9-4/h1-3H. The second kappa shape index (κ2) is 2.24. The third kappa shape index (κ3) is 2.00. The van der Waals surface area contributed by atoms with E-state index in [0.29, 0.717) is 0 Å². The van der Waals surface area contributed by atoms with Crippen molar-refractivity contribution in [3.8, 4) is 0 Å². The molecule has 0 fully saturated rings. The van der Waals surface area contributed by atoms with Gasteiger partial charge in [-0.1, -0.05) is 0 Å². The van der Waals surface area contributed by atoms with Gasteiger partial charge in [-0.2, -0.15) is 0 Å². The van der Waals surface area contributed by atoms with Gasteiger partial charge in [0.25, 0.3) is 0 Å². The Balaban J connectivity index is 2.41. The number of alkyl halides is 3. The molecule has 0 spiro atoms. The highest BCUT2D eigenvalue weighted by Crippen LogP contribution is 2.20. The predicted molar refractivity (Wildman–Crippen MR) is 26.5 cm³/mol. The molecule has 0 amide bonds. The van der Waals surface area contributed by atoms with Crippen LogP contribution in [0.25, 0.3) is 0 Å². The number of nitrogens with zero attached hydrogens (tertiary/aromatic N) is 1. The molecule has 0 atom stereocenters. The molecule has 1 rings (SSSR count). The molecule has 10 heavy (non-hydrogen) atoms. The Labute approximate surface area is 55.0 Å². The maximum Gasteiger partial charge on any atom is 0.574 e. The van der Waals surface area contributed by atoms with Crippen LogP contribution in [0, 0.1) is 0 Å². The van der Waals surface area contributed by atoms with Gasteiger partial charge in [0.2, 0.25) is 5.88 Å². The van der Waals surface area contributed by atoms with E-state index in [1.807, 2.05) is 0 Å². The molecule has 1 radical (unpaired) electrons. The largest absolute Gasteiger partial charge is 0.574 e. The van der Waals surface area contributed by atoms with Crippen LogP contribution in [0.4, 0.5) is 13.2 Å². The zero-order valence-corrected chi connectivity index (χ0v) is 4.72. The molecule has 1 aliphatic heterocycles. The summed E-state index contributed by atoms with van der Waals surface area (Å²) in [7, 11) is 0. The van der Waals surface area contributed by atoms with Gasteiger partial charge in [0.15, 0.2) is 0 Å². The molecule has 0 aromatic carbocycles. The molecule has 0 aromatic rings. The van der Waals surface area contributed by atoms with Gasteiger partial charge < -0.3 is 4.74 Å². The zero-order valence-electron chi connectivity index (χ0n) is 4.72. The molecule has 0 aliphatic carbocycles. The van der Waals surface area contributed by atoms with Crippen LogP contribution in [0.2, 0.25) is 0 Å². The molecule has 0 aromatic heterocycles. The quantitative estimate of drug-likeness (QED) is 0.555. The Morgan fingerprint density at radius 2 is 2.10 bits per heavy atom. The van der Waals surface area contributed by atoms with E-state index in [9.17, 15) is 13.2 Å². The lowest BCUT2D eigenvalue weighted by Crippen LogP contribution is -2.15. The summed E-state index contributed by atoms with van der Waals surface area (Å²) < 4.78 is 37.5. The van der Waals surface area contributed by atoms with Gasteiger partial charge in [-0.25, -0.2) is 5.32 Å². The molecule has 0 unspecified atom stereocenters. The molecule has 0 N–H and O–H groups in total. The minimum Gasteiger partial charge on any atom is -0.388 e. The first-order valence-electron chi connectivity index (χ1n) is 2.41. The van der Waals surface area contributed by atoms with Crippen LogP contribution < -0.4 is 5.32 Å². The Hall–Kier alpha value is -1.13. The summed E-state index contributed by atoms with van der Waals surface area (Å²) in [6, 6.07) is 0. The SMILES string of the molecule is FC(F)(F)OC1=CC=C[N]1. The minimum atomic E-state index is -4.64. The fraction of sp³-hybridized carbons (Fsp3) is 0.200. The third-order valence-corrected chi connectivity index (χ3v) is 0.747. The van der Waals surface area contributed by atoms with E-state index in [1.165, 1.54) is 12.3 Å². The van der Waals surface area contributed by atoms with Crippen LogP contribution in [0.1, 0.15) is 0 Å². The van der Waals surface area contributed by atoms with E-state index in [2.05, 4.69) is 10.1 Å². The van der Waals surface area contributed by atoms with Gasteiger partial charge in [0.05, 0.1) is 0 Å². The van der Waals surface area contributed by atoms with Crippen molar-refractivity contribution >= 4 is 0 Å². The van der Waals surface area contributed by atoms with Crippen LogP contribution in [0.3, 0.4) is 0 Å². The van der Waals surface area contributed by atoms with Crippen LogP contribution in [0.15, 0.2) is 24.2 Å². The van der Waals surface area contributed by atoms with Crippen molar-refractivity contribution in [1.29, 1.82) is 0 Å². The van der Waals surface area contributed by atoms with E-state index < -0.39 is 12.2 Å². The van der Waals surface area contributed by atoms with Crippen molar-refractivity contribution in [1.82, 2.24) is 5.32 Å². The smallest absolute Gasteiger partial charge is 0.388 e. The molecular formula is C5H3F3NO. The first-order valence-corrected chi connectivity index (χ1v) is 2.41. The summed E-state index contributed by atoms with van der Waals surface area (Å²) in [4.78, 5) is 0. The van der Waals surface area contributed by atoms with Gasteiger partial charge in [-0.05, 0) is 6.08 Å². The normalized spacial score (nSPS) is 16.5. The highest BCUT2D eigenvalue weighted by Gasteiger charge is 2.32. The summed E-state index contributed by atoms with van der Waals surface area (Å²) in [5.74, 6) is -0.424. The Morgan fingerprint density at radius 1 is 1.40 bits per heavy atom. The number of allylic oxidation sites excluding steroid dienone is 2. The van der Waals surface area contributed by atoms with E-state index >= 15 is 0 Å².